The molecule has 1 fully saturated rings. The monoisotopic (exact) mass is 379 g/mol. The van der Waals surface area contributed by atoms with Crippen molar-refractivity contribution in [1.29, 1.82) is 0 Å². The van der Waals surface area contributed by atoms with Gasteiger partial charge in [-0.3, -0.25) is 15.2 Å². The number of carbonyl (C=O) groups is 1. The fourth-order valence-corrected chi connectivity index (χ4v) is 5.55. The largest absolute Gasteiger partial charge is 0.289 e. The summed E-state index contributed by atoms with van der Waals surface area (Å²) in [4.78, 5) is 12.6. The molecular formula is C17H21N3O3S2. The Morgan fingerprint density at radius 3 is 2.68 bits per heavy atom. The summed E-state index contributed by atoms with van der Waals surface area (Å²) in [7, 11) is -1.73. The standard InChI is InChI=1S/C17H21N3O3S2/c1-19(15-8-3-2-4-9-15)18-17(21)14-7-5-11-20(13-14)25(22,23)16-10-6-12-24-16/h2-4,6,8-10,12,14H,5,7,11,13H2,1H3,(H,18,21)/t14-/m0/s1. The number of thiophene rings is 1. The number of piperidine rings is 1. The minimum Gasteiger partial charge on any atom is -0.289 e. The number of para-hydroxylation sites is 1. The molecule has 3 rings (SSSR count). The zero-order valence-corrected chi connectivity index (χ0v) is 15.6. The summed E-state index contributed by atoms with van der Waals surface area (Å²) < 4.78 is 27.1. The summed E-state index contributed by atoms with van der Waals surface area (Å²) in [6.45, 7) is 0.674. The lowest BCUT2D eigenvalue weighted by atomic mass is 9.99. The molecular weight excluding hydrogens is 358 g/mol. The molecule has 25 heavy (non-hydrogen) atoms. The van der Waals surface area contributed by atoms with Gasteiger partial charge in [0.05, 0.1) is 11.6 Å². The summed E-state index contributed by atoms with van der Waals surface area (Å²) in [6, 6.07) is 12.8. The second-order valence-corrected chi connectivity index (χ2v) is 9.12. The van der Waals surface area contributed by atoms with E-state index in [-0.39, 0.29) is 18.4 Å². The van der Waals surface area contributed by atoms with Crippen molar-refractivity contribution in [3.63, 3.8) is 0 Å². The molecule has 1 saturated heterocycles. The predicted molar refractivity (Wildman–Crippen MR) is 98.8 cm³/mol. The second kappa shape index (κ2) is 7.55. The molecule has 1 atom stereocenters. The average molecular weight is 380 g/mol. The first-order chi connectivity index (χ1) is 12.0. The molecule has 1 amide bonds. The molecule has 0 saturated carbocycles. The molecule has 8 heteroatoms. The van der Waals surface area contributed by atoms with Crippen LogP contribution in [-0.2, 0) is 14.8 Å². The van der Waals surface area contributed by atoms with Crippen LogP contribution in [0.15, 0.2) is 52.1 Å². The first kappa shape index (κ1) is 17.9. The van der Waals surface area contributed by atoms with Crippen LogP contribution in [0.4, 0.5) is 5.69 Å². The zero-order valence-electron chi connectivity index (χ0n) is 14.0. The molecule has 1 aromatic heterocycles. The first-order valence-electron chi connectivity index (χ1n) is 8.11. The number of hydrogen-bond acceptors (Lipinski definition) is 5. The van der Waals surface area contributed by atoms with E-state index in [4.69, 9.17) is 0 Å². The number of hydrazine groups is 1. The van der Waals surface area contributed by atoms with Crippen LogP contribution in [0, 0.1) is 5.92 Å². The Morgan fingerprint density at radius 2 is 2.00 bits per heavy atom. The number of rotatable bonds is 5. The van der Waals surface area contributed by atoms with E-state index >= 15 is 0 Å². The van der Waals surface area contributed by atoms with Gasteiger partial charge in [-0.2, -0.15) is 4.31 Å². The Labute approximate surface area is 152 Å². The van der Waals surface area contributed by atoms with Crippen molar-refractivity contribution >= 4 is 33.0 Å². The van der Waals surface area contributed by atoms with Gasteiger partial charge in [-0.25, -0.2) is 8.42 Å². The van der Waals surface area contributed by atoms with E-state index in [0.717, 1.165) is 5.69 Å². The van der Waals surface area contributed by atoms with Crippen LogP contribution in [0.2, 0.25) is 0 Å². The molecule has 1 aromatic carbocycles. The van der Waals surface area contributed by atoms with Crippen LogP contribution in [0.1, 0.15) is 12.8 Å². The smallest absolute Gasteiger partial charge is 0.252 e. The van der Waals surface area contributed by atoms with Gasteiger partial charge in [-0.15, -0.1) is 11.3 Å². The van der Waals surface area contributed by atoms with Crippen molar-refractivity contribution < 1.29 is 13.2 Å². The van der Waals surface area contributed by atoms with Crippen LogP contribution in [0.5, 0.6) is 0 Å². The van der Waals surface area contributed by atoms with Crippen molar-refractivity contribution in [2.75, 3.05) is 25.1 Å². The van der Waals surface area contributed by atoms with E-state index in [0.29, 0.717) is 23.6 Å². The van der Waals surface area contributed by atoms with Crippen molar-refractivity contribution in [2.24, 2.45) is 5.92 Å². The fourth-order valence-electron chi connectivity index (χ4n) is 2.88. The molecule has 6 nitrogen and oxygen atoms in total. The van der Waals surface area contributed by atoms with Gasteiger partial charge in [-0.05, 0) is 36.4 Å². The van der Waals surface area contributed by atoms with E-state index in [2.05, 4.69) is 5.43 Å². The van der Waals surface area contributed by atoms with E-state index in [1.807, 2.05) is 30.3 Å². The van der Waals surface area contributed by atoms with Crippen molar-refractivity contribution in [3.8, 4) is 0 Å². The van der Waals surface area contributed by atoms with Crippen LogP contribution in [0.3, 0.4) is 0 Å². The van der Waals surface area contributed by atoms with Gasteiger partial charge in [-0.1, -0.05) is 24.3 Å². The molecule has 0 aliphatic carbocycles. The molecule has 2 heterocycles. The van der Waals surface area contributed by atoms with Gasteiger partial charge in [0.15, 0.2) is 0 Å². The third-order valence-corrected chi connectivity index (χ3v) is 7.50. The average Bonchev–Trinajstić information content (AvgIpc) is 3.18. The number of anilines is 1. The van der Waals surface area contributed by atoms with Crippen LogP contribution >= 0.6 is 11.3 Å². The van der Waals surface area contributed by atoms with Gasteiger partial charge < -0.3 is 0 Å². The van der Waals surface area contributed by atoms with Crippen LogP contribution in [-0.4, -0.2) is 38.8 Å². The van der Waals surface area contributed by atoms with Gasteiger partial charge in [0.2, 0.25) is 5.91 Å². The van der Waals surface area contributed by atoms with E-state index in [1.54, 1.807) is 29.6 Å². The highest BCUT2D eigenvalue weighted by atomic mass is 32.2. The molecule has 0 spiro atoms. The van der Waals surface area contributed by atoms with Gasteiger partial charge in [0.1, 0.15) is 4.21 Å². The van der Waals surface area contributed by atoms with Crippen molar-refractivity contribution in [2.45, 2.75) is 17.1 Å². The molecule has 0 bridgehead atoms. The lowest BCUT2D eigenvalue weighted by molar-refractivity contribution is -0.126. The minimum absolute atomic E-state index is 0.155. The lowest BCUT2D eigenvalue weighted by Crippen LogP contribution is -2.49. The maximum atomic E-state index is 12.7. The Balaban J connectivity index is 1.66. The summed E-state index contributed by atoms with van der Waals surface area (Å²) >= 11 is 1.20. The topological polar surface area (TPSA) is 69.7 Å². The molecule has 0 unspecified atom stereocenters. The third kappa shape index (κ3) is 4.02. The van der Waals surface area contributed by atoms with Gasteiger partial charge in [0, 0.05) is 20.1 Å². The lowest BCUT2D eigenvalue weighted by Gasteiger charge is -2.32. The molecule has 1 aliphatic rings. The first-order valence-corrected chi connectivity index (χ1v) is 10.4. The second-order valence-electron chi connectivity index (χ2n) is 6.00. The highest BCUT2D eigenvalue weighted by molar-refractivity contribution is 7.91. The molecule has 1 N–H and O–H groups in total. The van der Waals surface area contributed by atoms with Crippen LogP contribution in [0.25, 0.3) is 0 Å². The summed E-state index contributed by atoms with van der Waals surface area (Å²) in [5.41, 5.74) is 3.72. The Morgan fingerprint density at radius 1 is 1.24 bits per heavy atom. The Hall–Kier alpha value is -1.90. The molecule has 2 aromatic rings. The normalized spacial score (nSPS) is 18.7. The maximum absolute atomic E-state index is 12.7. The minimum atomic E-state index is -3.51. The van der Waals surface area contributed by atoms with E-state index in [9.17, 15) is 13.2 Å². The Bertz CT molecular complexity index is 807. The van der Waals surface area contributed by atoms with Crippen molar-refractivity contribution in [1.82, 2.24) is 9.73 Å². The number of amides is 1. The quantitative estimate of drug-likeness (QED) is 0.810. The van der Waals surface area contributed by atoms with Gasteiger partial charge >= 0.3 is 0 Å². The summed E-state index contributed by atoms with van der Waals surface area (Å²) in [5.74, 6) is -0.507. The number of sulfonamides is 1. The number of carbonyl (C=O) groups excluding carboxylic acids is 1. The molecule has 134 valence electrons. The number of hydrogen-bond donors (Lipinski definition) is 1. The summed E-state index contributed by atoms with van der Waals surface area (Å²) in [6.07, 6.45) is 1.36. The fraction of sp³-hybridized carbons (Fsp3) is 0.353. The van der Waals surface area contributed by atoms with E-state index in [1.165, 1.54) is 15.6 Å². The Kier molecular flexibility index (Phi) is 5.41. The molecule has 0 radical (unpaired) electrons. The third-order valence-electron chi connectivity index (χ3n) is 4.27. The predicted octanol–water partition coefficient (Wildman–Crippen LogP) is 2.32. The van der Waals surface area contributed by atoms with E-state index < -0.39 is 10.0 Å². The highest BCUT2D eigenvalue weighted by Gasteiger charge is 2.34. The highest BCUT2D eigenvalue weighted by Crippen LogP contribution is 2.26. The van der Waals surface area contributed by atoms with Crippen molar-refractivity contribution in [3.05, 3.63) is 47.8 Å². The SMILES string of the molecule is CN(NC(=O)[C@H]1CCCN(S(=O)(=O)c2cccs2)C1)c1ccccc1. The van der Waals surface area contributed by atoms with Gasteiger partial charge in [0.25, 0.3) is 10.0 Å². The number of nitrogens with zero attached hydrogens (tertiary/aromatic N) is 2. The summed E-state index contributed by atoms with van der Waals surface area (Å²) in [5, 5.41) is 3.41. The number of nitrogens with one attached hydrogen (secondary N) is 1. The zero-order chi connectivity index (χ0) is 17.9. The maximum Gasteiger partial charge on any atom is 0.252 e. The number of benzene rings is 1. The molecule has 1 aliphatic heterocycles. The van der Waals surface area contributed by atoms with Crippen LogP contribution < -0.4 is 10.4 Å².